The highest BCUT2D eigenvalue weighted by molar-refractivity contribution is 5.74. The molecule has 3 rings (SSSR count). The molecule has 0 aliphatic rings. The molecule has 1 unspecified atom stereocenters. The quantitative estimate of drug-likeness (QED) is 0.213. The minimum absolute atomic E-state index is 0. The van der Waals surface area contributed by atoms with Crippen LogP contribution < -0.4 is 33.9 Å². The Bertz CT molecular complexity index is 1150. The van der Waals surface area contributed by atoms with Gasteiger partial charge in [-0.3, -0.25) is 13.9 Å². The highest BCUT2D eigenvalue weighted by atomic mass is 35.5. The molecule has 0 aliphatic heterocycles. The summed E-state index contributed by atoms with van der Waals surface area (Å²) in [6, 6.07) is 9.88. The number of aliphatic hydroxyl groups is 3. The number of quaternary nitrogens is 1. The van der Waals surface area contributed by atoms with Crippen LogP contribution in [0.2, 0.25) is 0 Å². The summed E-state index contributed by atoms with van der Waals surface area (Å²) in [6.07, 6.45) is -0.804. The number of hydrogen-bond donors (Lipinski definition) is 4. The second-order valence-electron chi connectivity index (χ2n) is 7.70. The first kappa shape index (κ1) is 26.6. The molecular weight excluding hydrogens is 452 g/mol. The molecule has 0 saturated heterocycles. The van der Waals surface area contributed by atoms with Crippen LogP contribution in [0.4, 0.5) is 5.95 Å². The number of anilines is 1. The molecule has 2 heterocycles. The van der Waals surface area contributed by atoms with Crippen molar-refractivity contribution >= 4 is 17.1 Å². The Hall–Kier alpha value is -2.70. The van der Waals surface area contributed by atoms with Crippen molar-refractivity contribution in [1.29, 1.82) is 0 Å². The lowest BCUT2D eigenvalue weighted by Gasteiger charge is -2.23. The molecule has 1 atom stereocenters. The van der Waals surface area contributed by atoms with E-state index in [1.807, 2.05) is 35.6 Å². The fourth-order valence-electron chi connectivity index (χ4n) is 3.74. The molecule has 0 aliphatic carbocycles. The van der Waals surface area contributed by atoms with Crippen molar-refractivity contribution in [2.24, 2.45) is 14.1 Å². The number of fused-ring (bicyclic) bond motifs is 1. The van der Waals surface area contributed by atoms with Gasteiger partial charge in [-0.1, -0.05) is 30.3 Å². The fraction of sp³-hybridized carbons (Fsp3) is 0.476. The summed E-state index contributed by atoms with van der Waals surface area (Å²) >= 11 is 0. The van der Waals surface area contributed by atoms with Gasteiger partial charge in [0.05, 0.1) is 19.8 Å². The van der Waals surface area contributed by atoms with E-state index in [4.69, 9.17) is 0 Å². The van der Waals surface area contributed by atoms with Crippen molar-refractivity contribution in [2.45, 2.75) is 19.2 Å². The summed E-state index contributed by atoms with van der Waals surface area (Å²) in [5.74, 6) is 0.309. The molecule has 2 aromatic heterocycles. The predicted octanol–water partition coefficient (Wildman–Crippen LogP) is -5.65. The highest BCUT2D eigenvalue weighted by Crippen LogP contribution is 2.20. The number of aryl methyl sites for hydroxylation is 1. The third-order valence-corrected chi connectivity index (χ3v) is 5.41. The van der Waals surface area contributed by atoms with Crippen LogP contribution in [0.15, 0.2) is 39.9 Å². The summed E-state index contributed by atoms with van der Waals surface area (Å²) < 4.78 is 3.85. The number of benzene rings is 1. The van der Waals surface area contributed by atoms with Crippen molar-refractivity contribution < 1.29 is 33.0 Å². The smallest absolute Gasteiger partial charge is 0.332 e. The molecule has 0 radical (unpaired) electrons. The number of aromatic nitrogens is 4. The zero-order valence-corrected chi connectivity index (χ0v) is 19.5. The summed E-state index contributed by atoms with van der Waals surface area (Å²) in [7, 11) is 2.92. The Morgan fingerprint density at radius 1 is 1.06 bits per heavy atom. The minimum Gasteiger partial charge on any atom is -1.00 e. The van der Waals surface area contributed by atoms with Gasteiger partial charge in [0.2, 0.25) is 5.95 Å². The molecule has 12 heteroatoms. The molecular formula is C21H31ClN6O5. The molecule has 0 fully saturated rings. The summed E-state index contributed by atoms with van der Waals surface area (Å²) in [5.41, 5.74) is 0.484. The maximum Gasteiger partial charge on any atom is 0.332 e. The normalized spacial score (nSPS) is 12.0. The maximum atomic E-state index is 12.9. The lowest BCUT2D eigenvalue weighted by Crippen LogP contribution is -3.00. The van der Waals surface area contributed by atoms with Crippen molar-refractivity contribution in [3.8, 4) is 0 Å². The van der Waals surface area contributed by atoms with E-state index >= 15 is 0 Å². The van der Waals surface area contributed by atoms with Crippen LogP contribution in [0.1, 0.15) is 5.56 Å². The summed E-state index contributed by atoms with van der Waals surface area (Å²) in [4.78, 5) is 31.4. The van der Waals surface area contributed by atoms with Gasteiger partial charge in [-0.25, -0.2) is 4.79 Å². The monoisotopic (exact) mass is 482 g/mol. The zero-order valence-electron chi connectivity index (χ0n) is 18.8. The number of halogens is 1. The van der Waals surface area contributed by atoms with E-state index in [0.29, 0.717) is 19.0 Å². The first-order valence-corrected chi connectivity index (χ1v) is 10.6. The second-order valence-corrected chi connectivity index (χ2v) is 7.70. The van der Waals surface area contributed by atoms with Crippen LogP contribution in [0.5, 0.6) is 0 Å². The van der Waals surface area contributed by atoms with Crippen molar-refractivity contribution in [3.63, 3.8) is 0 Å². The maximum absolute atomic E-state index is 12.9. The number of nitrogens with two attached hydrogens (primary N) is 1. The number of rotatable bonds is 11. The Morgan fingerprint density at radius 3 is 2.30 bits per heavy atom. The summed E-state index contributed by atoms with van der Waals surface area (Å²) in [6.45, 7) is 1.13. The predicted molar refractivity (Wildman–Crippen MR) is 120 cm³/mol. The number of nitrogens with zero attached hydrogens (tertiary/aromatic N) is 5. The first-order valence-electron chi connectivity index (χ1n) is 10.6. The van der Waals surface area contributed by atoms with Gasteiger partial charge < -0.3 is 42.5 Å². The topological polar surface area (TPSA) is 142 Å². The summed E-state index contributed by atoms with van der Waals surface area (Å²) in [5, 5.41) is 31.6. The third kappa shape index (κ3) is 5.81. The number of aliphatic hydroxyl groups excluding tert-OH is 3. The molecule has 33 heavy (non-hydrogen) atoms. The van der Waals surface area contributed by atoms with Crippen LogP contribution in [-0.2, 0) is 27.2 Å². The van der Waals surface area contributed by atoms with Gasteiger partial charge in [0.25, 0.3) is 5.56 Å². The Kier molecular flexibility index (Phi) is 9.62. The van der Waals surface area contributed by atoms with Crippen LogP contribution >= 0.6 is 0 Å². The van der Waals surface area contributed by atoms with Crippen LogP contribution in [-0.4, -0.2) is 73.0 Å². The molecule has 182 valence electrons. The van der Waals surface area contributed by atoms with Crippen LogP contribution in [0.3, 0.4) is 0 Å². The van der Waals surface area contributed by atoms with E-state index in [1.165, 1.54) is 18.7 Å². The molecule has 11 nitrogen and oxygen atoms in total. The lowest BCUT2D eigenvalue weighted by atomic mass is 10.2. The van der Waals surface area contributed by atoms with Gasteiger partial charge in [0.15, 0.2) is 11.2 Å². The van der Waals surface area contributed by atoms with E-state index in [0.717, 1.165) is 10.1 Å². The average Bonchev–Trinajstić information content (AvgIpc) is 3.16. The van der Waals surface area contributed by atoms with E-state index in [1.54, 1.807) is 9.47 Å². The van der Waals surface area contributed by atoms with Crippen molar-refractivity contribution in [1.82, 2.24) is 18.7 Å². The van der Waals surface area contributed by atoms with Crippen molar-refractivity contribution in [3.05, 3.63) is 56.7 Å². The molecule has 0 spiro atoms. The molecule has 0 amide bonds. The fourth-order valence-corrected chi connectivity index (χ4v) is 3.74. The van der Waals surface area contributed by atoms with E-state index in [2.05, 4.69) is 4.98 Å². The molecule has 5 N–H and O–H groups in total. The second kappa shape index (κ2) is 12.0. The van der Waals surface area contributed by atoms with Gasteiger partial charge in [-0.2, -0.15) is 4.98 Å². The number of imidazole rings is 1. The Balaban J connectivity index is 0.00000385. The Morgan fingerprint density at radius 2 is 1.70 bits per heavy atom. The largest absolute Gasteiger partial charge is 1.00 e. The number of hydrogen-bond acceptors (Lipinski definition) is 7. The van der Waals surface area contributed by atoms with Crippen molar-refractivity contribution in [2.75, 3.05) is 37.7 Å². The van der Waals surface area contributed by atoms with Gasteiger partial charge in [-0.05, 0) is 0 Å². The Labute approximate surface area is 196 Å². The molecule has 1 aromatic carbocycles. The zero-order chi connectivity index (χ0) is 23.3. The van der Waals surface area contributed by atoms with Gasteiger partial charge in [0, 0.05) is 32.7 Å². The standard InChI is InChI=1S/C21H30N6O5.ClH/c1-24-18-17(19(31)25(2)21(24)32)27(20(23-18)26(8-10-28)9-11-29)14-16(30)13-22-12-15-6-4-3-5-7-15;/h3-7,16,22,28-30H,8-14H2,1-2H3;1H. The first-order chi connectivity index (χ1) is 15.4. The molecule has 0 bridgehead atoms. The SMILES string of the molecule is Cn1c(=O)c2c(nc(N(CCO)CCO)n2CC(O)C[NH2+]Cc2ccccc2)n(C)c1=O.[Cl-]. The van der Waals surface area contributed by atoms with Crippen LogP contribution in [0, 0.1) is 0 Å². The van der Waals surface area contributed by atoms with E-state index < -0.39 is 17.4 Å². The molecule has 3 aromatic rings. The third-order valence-electron chi connectivity index (χ3n) is 5.41. The van der Waals surface area contributed by atoms with E-state index in [-0.39, 0.29) is 56.4 Å². The minimum atomic E-state index is -0.804. The highest BCUT2D eigenvalue weighted by Gasteiger charge is 2.24. The van der Waals surface area contributed by atoms with Gasteiger partial charge in [0.1, 0.15) is 19.2 Å². The van der Waals surface area contributed by atoms with Gasteiger partial charge >= 0.3 is 5.69 Å². The lowest BCUT2D eigenvalue weighted by molar-refractivity contribution is -0.676. The molecule has 0 saturated carbocycles. The van der Waals surface area contributed by atoms with E-state index in [9.17, 15) is 24.9 Å². The average molecular weight is 483 g/mol. The van der Waals surface area contributed by atoms with Crippen LogP contribution in [0.25, 0.3) is 11.2 Å². The van der Waals surface area contributed by atoms with Gasteiger partial charge in [-0.15, -0.1) is 0 Å².